The van der Waals surface area contributed by atoms with E-state index < -0.39 is 5.82 Å². The second-order valence-corrected chi connectivity index (χ2v) is 9.35. The SMILES string of the molecule is CCCN(CC(=O)N1CCc2sccc2[C@H]1COc1ccccc1OC)C(=O)c1ccc(F)cc1. The Kier molecular flexibility index (Phi) is 8.02. The molecule has 2 amide bonds. The topological polar surface area (TPSA) is 59.1 Å². The van der Waals surface area contributed by atoms with Crippen molar-refractivity contribution in [3.05, 3.63) is 81.8 Å². The van der Waals surface area contributed by atoms with Crippen LogP contribution in [-0.2, 0) is 11.2 Å². The molecule has 184 valence electrons. The summed E-state index contributed by atoms with van der Waals surface area (Å²) in [7, 11) is 1.59. The van der Waals surface area contributed by atoms with E-state index >= 15 is 0 Å². The first-order valence-electron chi connectivity index (χ1n) is 11.7. The monoisotopic (exact) mass is 496 g/mol. The molecule has 2 aromatic carbocycles. The number of hydrogen-bond donors (Lipinski definition) is 0. The molecule has 0 saturated heterocycles. The molecule has 0 N–H and O–H groups in total. The van der Waals surface area contributed by atoms with Crippen molar-refractivity contribution in [2.45, 2.75) is 25.8 Å². The number of thiophene rings is 1. The molecule has 1 aliphatic rings. The number of fused-ring (bicyclic) bond motifs is 1. The molecule has 0 unspecified atom stereocenters. The Morgan fingerprint density at radius 3 is 2.57 bits per heavy atom. The molecular weight excluding hydrogens is 467 g/mol. The van der Waals surface area contributed by atoms with Gasteiger partial charge in [-0.25, -0.2) is 4.39 Å². The fraction of sp³-hybridized carbons (Fsp3) is 0.333. The Morgan fingerprint density at radius 2 is 1.86 bits per heavy atom. The molecule has 3 aromatic rings. The van der Waals surface area contributed by atoms with E-state index in [2.05, 4.69) is 0 Å². The highest BCUT2D eigenvalue weighted by Gasteiger charge is 2.33. The zero-order chi connectivity index (χ0) is 24.8. The van der Waals surface area contributed by atoms with Gasteiger partial charge in [0.15, 0.2) is 11.5 Å². The minimum Gasteiger partial charge on any atom is -0.493 e. The fourth-order valence-electron chi connectivity index (χ4n) is 4.33. The van der Waals surface area contributed by atoms with Crippen LogP contribution in [0.25, 0.3) is 0 Å². The molecule has 1 aliphatic heterocycles. The van der Waals surface area contributed by atoms with Crippen LogP contribution in [0, 0.1) is 5.82 Å². The molecule has 0 saturated carbocycles. The van der Waals surface area contributed by atoms with Crippen molar-refractivity contribution < 1.29 is 23.5 Å². The molecular formula is C27H29FN2O4S. The summed E-state index contributed by atoms with van der Waals surface area (Å²) >= 11 is 1.68. The van der Waals surface area contributed by atoms with Gasteiger partial charge in [0.05, 0.1) is 13.2 Å². The van der Waals surface area contributed by atoms with Crippen LogP contribution in [0.5, 0.6) is 11.5 Å². The molecule has 8 heteroatoms. The first-order chi connectivity index (χ1) is 17.0. The van der Waals surface area contributed by atoms with Gasteiger partial charge in [0.2, 0.25) is 5.91 Å². The Hall–Kier alpha value is -3.39. The molecule has 0 fully saturated rings. The maximum Gasteiger partial charge on any atom is 0.254 e. The van der Waals surface area contributed by atoms with Crippen LogP contribution in [0.2, 0.25) is 0 Å². The normalized spacial score (nSPS) is 14.8. The molecule has 1 aromatic heterocycles. The Morgan fingerprint density at radius 1 is 1.11 bits per heavy atom. The van der Waals surface area contributed by atoms with Crippen LogP contribution in [0.1, 0.15) is 40.2 Å². The van der Waals surface area contributed by atoms with Crippen molar-refractivity contribution in [1.29, 1.82) is 0 Å². The number of rotatable bonds is 9. The molecule has 4 rings (SSSR count). The number of ether oxygens (including phenoxy) is 2. The third-order valence-corrected chi connectivity index (χ3v) is 7.08. The van der Waals surface area contributed by atoms with E-state index in [-0.39, 0.29) is 31.0 Å². The summed E-state index contributed by atoms with van der Waals surface area (Å²) in [6.45, 7) is 3.17. The van der Waals surface area contributed by atoms with Crippen molar-refractivity contribution in [3.8, 4) is 11.5 Å². The molecule has 0 radical (unpaired) electrons. The number of benzene rings is 2. The molecule has 0 bridgehead atoms. The molecule has 2 heterocycles. The molecule has 0 aliphatic carbocycles. The van der Waals surface area contributed by atoms with Gasteiger partial charge in [0, 0.05) is 23.5 Å². The van der Waals surface area contributed by atoms with E-state index in [0.29, 0.717) is 36.6 Å². The summed E-state index contributed by atoms with van der Waals surface area (Å²) in [5.41, 5.74) is 1.44. The summed E-state index contributed by atoms with van der Waals surface area (Å²) in [6, 6.07) is 14.6. The highest BCUT2D eigenvalue weighted by Crippen LogP contribution is 2.35. The van der Waals surface area contributed by atoms with E-state index in [9.17, 15) is 14.0 Å². The molecule has 1 atom stereocenters. The van der Waals surface area contributed by atoms with Crippen LogP contribution >= 0.6 is 11.3 Å². The predicted molar refractivity (Wildman–Crippen MR) is 134 cm³/mol. The third-order valence-electron chi connectivity index (χ3n) is 6.08. The second kappa shape index (κ2) is 11.4. The smallest absolute Gasteiger partial charge is 0.254 e. The first kappa shape index (κ1) is 24.7. The first-order valence-corrected chi connectivity index (χ1v) is 12.6. The van der Waals surface area contributed by atoms with Gasteiger partial charge in [0.1, 0.15) is 19.0 Å². The maximum atomic E-state index is 13.5. The minimum absolute atomic E-state index is 0.0469. The standard InChI is InChI=1S/C27H29FN2O4S/c1-3-14-29(27(32)19-8-10-20(28)11-9-19)17-26(31)30-15-12-25-21(13-16-35-25)22(30)18-34-24-7-5-4-6-23(24)33-2/h4-11,13,16,22H,3,12,14-15,17-18H2,1-2H3/t22-/m1/s1. The number of nitrogens with zero attached hydrogens (tertiary/aromatic N) is 2. The lowest BCUT2D eigenvalue weighted by Crippen LogP contribution is -2.48. The van der Waals surface area contributed by atoms with Crippen LogP contribution in [0.4, 0.5) is 4.39 Å². The lowest BCUT2D eigenvalue weighted by atomic mass is 10.0. The van der Waals surface area contributed by atoms with Gasteiger partial charge in [-0.1, -0.05) is 19.1 Å². The van der Waals surface area contributed by atoms with Gasteiger partial charge in [-0.3, -0.25) is 9.59 Å². The highest BCUT2D eigenvalue weighted by atomic mass is 32.1. The van der Waals surface area contributed by atoms with E-state index in [4.69, 9.17) is 9.47 Å². The van der Waals surface area contributed by atoms with E-state index in [1.54, 1.807) is 18.4 Å². The van der Waals surface area contributed by atoms with Crippen molar-refractivity contribution in [3.63, 3.8) is 0 Å². The van der Waals surface area contributed by atoms with Gasteiger partial charge >= 0.3 is 0 Å². The zero-order valence-electron chi connectivity index (χ0n) is 19.9. The number of hydrogen-bond acceptors (Lipinski definition) is 5. The highest BCUT2D eigenvalue weighted by molar-refractivity contribution is 7.10. The number of para-hydroxylation sites is 2. The van der Waals surface area contributed by atoms with Crippen molar-refractivity contribution >= 4 is 23.2 Å². The Balaban J connectivity index is 1.53. The van der Waals surface area contributed by atoms with Crippen LogP contribution in [-0.4, -0.2) is 55.0 Å². The molecule has 0 spiro atoms. The number of carbonyl (C=O) groups excluding carboxylic acids is 2. The van der Waals surface area contributed by atoms with Gasteiger partial charge in [-0.15, -0.1) is 11.3 Å². The van der Waals surface area contributed by atoms with Crippen LogP contribution in [0.3, 0.4) is 0 Å². The summed E-state index contributed by atoms with van der Waals surface area (Å²) < 4.78 is 24.9. The number of amides is 2. The van der Waals surface area contributed by atoms with Gasteiger partial charge in [-0.2, -0.15) is 0 Å². The van der Waals surface area contributed by atoms with Gasteiger partial charge in [0.25, 0.3) is 5.91 Å². The Bertz CT molecular complexity index is 1160. The Labute approximate surface area is 208 Å². The van der Waals surface area contributed by atoms with E-state index in [0.717, 1.165) is 12.0 Å². The largest absolute Gasteiger partial charge is 0.493 e. The summed E-state index contributed by atoms with van der Waals surface area (Å²) in [4.78, 5) is 31.2. The maximum absolute atomic E-state index is 13.5. The van der Waals surface area contributed by atoms with Crippen LogP contribution < -0.4 is 9.47 Å². The average Bonchev–Trinajstić information content (AvgIpc) is 3.36. The van der Waals surface area contributed by atoms with Gasteiger partial charge < -0.3 is 19.3 Å². The van der Waals surface area contributed by atoms with E-state index in [1.165, 1.54) is 34.0 Å². The van der Waals surface area contributed by atoms with Crippen molar-refractivity contribution in [2.75, 3.05) is 33.4 Å². The lowest BCUT2D eigenvalue weighted by Gasteiger charge is -2.37. The zero-order valence-corrected chi connectivity index (χ0v) is 20.7. The van der Waals surface area contributed by atoms with Crippen molar-refractivity contribution in [2.24, 2.45) is 0 Å². The lowest BCUT2D eigenvalue weighted by molar-refractivity contribution is -0.135. The minimum atomic E-state index is -0.405. The summed E-state index contributed by atoms with van der Waals surface area (Å²) in [5.74, 6) is 0.418. The van der Waals surface area contributed by atoms with Crippen LogP contribution in [0.15, 0.2) is 60.0 Å². The third kappa shape index (κ3) is 5.65. The fourth-order valence-corrected chi connectivity index (χ4v) is 5.26. The number of halogens is 1. The number of methoxy groups -OCH3 is 1. The predicted octanol–water partition coefficient (Wildman–Crippen LogP) is 4.95. The van der Waals surface area contributed by atoms with Crippen molar-refractivity contribution in [1.82, 2.24) is 9.80 Å². The van der Waals surface area contributed by atoms with E-state index in [1.807, 2.05) is 47.5 Å². The summed E-state index contributed by atoms with van der Waals surface area (Å²) in [6.07, 6.45) is 1.47. The quantitative estimate of drug-likeness (QED) is 0.421. The molecule has 35 heavy (non-hydrogen) atoms. The van der Waals surface area contributed by atoms with Gasteiger partial charge in [-0.05, 0) is 66.2 Å². The second-order valence-electron chi connectivity index (χ2n) is 8.35. The number of carbonyl (C=O) groups is 2. The average molecular weight is 497 g/mol. The summed E-state index contributed by atoms with van der Waals surface area (Å²) in [5, 5.41) is 2.04. The molecule has 6 nitrogen and oxygen atoms in total.